The maximum absolute atomic E-state index is 12.7. The first kappa shape index (κ1) is 15.6. The molecule has 1 atom stereocenters. The van der Waals surface area contributed by atoms with E-state index in [0.717, 1.165) is 21.7 Å². The van der Waals surface area contributed by atoms with E-state index in [1.807, 2.05) is 44.5 Å². The van der Waals surface area contributed by atoms with E-state index in [2.05, 4.69) is 15.4 Å². The van der Waals surface area contributed by atoms with Crippen molar-refractivity contribution in [2.75, 3.05) is 6.54 Å². The van der Waals surface area contributed by atoms with Gasteiger partial charge in [-0.1, -0.05) is 6.07 Å². The summed E-state index contributed by atoms with van der Waals surface area (Å²) in [5, 5.41) is 10.1. The number of fused-ring (bicyclic) bond motifs is 1. The molecule has 3 aromatic rings. The minimum Gasteiger partial charge on any atom is -0.348 e. The molecule has 23 heavy (non-hydrogen) atoms. The summed E-state index contributed by atoms with van der Waals surface area (Å²) in [7, 11) is 1.84. The van der Waals surface area contributed by atoms with Gasteiger partial charge in [-0.15, -0.1) is 11.3 Å². The highest BCUT2D eigenvalue weighted by Gasteiger charge is 2.20. The second-order valence-corrected chi connectivity index (χ2v) is 6.50. The molecule has 0 aliphatic carbocycles. The predicted octanol–water partition coefficient (Wildman–Crippen LogP) is 2.08. The molecule has 0 fully saturated rings. The first-order valence-corrected chi connectivity index (χ1v) is 8.28. The van der Waals surface area contributed by atoms with Crippen molar-refractivity contribution in [3.63, 3.8) is 0 Å². The summed E-state index contributed by atoms with van der Waals surface area (Å²) in [5.74, 6) is -0.149. The molecule has 0 saturated carbocycles. The quantitative estimate of drug-likeness (QED) is 0.767. The fourth-order valence-electron chi connectivity index (χ4n) is 2.53. The number of rotatable bonds is 4. The monoisotopic (exact) mass is 329 g/mol. The van der Waals surface area contributed by atoms with Crippen LogP contribution in [0.3, 0.4) is 0 Å². The van der Waals surface area contributed by atoms with Crippen molar-refractivity contribution in [2.24, 2.45) is 12.8 Å². The fraction of sp³-hybridized carbons (Fsp3) is 0.312. The van der Waals surface area contributed by atoms with Crippen LogP contribution < -0.4 is 11.1 Å². The fourth-order valence-corrected chi connectivity index (χ4v) is 3.22. The van der Waals surface area contributed by atoms with Crippen LogP contribution in [0.1, 0.15) is 23.0 Å². The summed E-state index contributed by atoms with van der Waals surface area (Å²) in [6.45, 7) is 4.16. The number of hydrogen-bond acceptors (Lipinski definition) is 5. The molecule has 3 rings (SSSR count). The Kier molecular flexibility index (Phi) is 4.14. The van der Waals surface area contributed by atoms with Crippen molar-refractivity contribution in [2.45, 2.75) is 19.9 Å². The molecule has 0 spiro atoms. The van der Waals surface area contributed by atoms with Crippen LogP contribution in [0.15, 0.2) is 23.6 Å². The van der Waals surface area contributed by atoms with Crippen LogP contribution in [0, 0.1) is 6.92 Å². The van der Waals surface area contributed by atoms with E-state index in [1.54, 1.807) is 16.0 Å². The third-order valence-corrected chi connectivity index (χ3v) is 4.61. The number of aryl methyl sites for hydroxylation is 2. The maximum atomic E-state index is 12.7. The zero-order valence-electron chi connectivity index (χ0n) is 13.3. The van der Waals surface area contributed by atoms with Crippen LogP contribution >= 0.6 is 11.3 Å². The number of nitrogens with two attached hydrogens (primary N) is 1. The number of hydrogen-bond donors (Lipinski definition) is 2. The highest BCUT2D eigenvalue weighted by Crippen LogP contribution is 2.29. The average molecular weight is 329 g/mol. The molecule has 3 N–H and O–H groups in total. The van der Waals surface area contributed by atoms with Gasteiger partial charge in [0.15, 0.2) is 5.65 Å². The van der Waals surface area contributed by atoms with E-state index < -0.39 is 0 Å². The maximum Gasteiger partial charge on any atom is 0.252 e. The van der Waals surface area contributed by atoms with Gasteiger partial charge in [-0.2, -0.15) is 5.10 Å². The van der Waals surface area contributed by atoms with Crippen LogP contribution in [0.4, 0.5) is 0 Å². The van der Waals surface area contributed by atoms with E-state index in [0.29, 0.717) is 17.8 Å². The Hall–Kier alpha value is -2.25. The number of carbonyl (C=O) groups excluding carboxylic acids is 1. The number of carbonyl (C=O) groups is 1. The minimum absolute atomic E-state index is 0.0899. The molecule has 1 amide bonds. The third kappa shape index (κ3) is 2.85. The highest BCUT2D eigenvalue weighted by atomic mass is 32.1. The van der Waals surface area contributed by atoms with Crippen molar-refractivity contribution in [3.8, 4) is 10.6 Å². The number of nitrogens with zero attached hydrogens (tertiary/aromatic N) is 3. The first-order valence-electron chi connectivity index (χ1n) is 7.40. The summed E-state index contributed by atoms with van der Waals surface area (Å²) < 4.78 is 1.71. The Morgan fingerprint density at radius 2 is 2.30 bits per heavy atom. The molecular formula is C16H19N5OS. The summed E-state index contributed by atoms with van der Waals surface area (Å²) in [5.41, 5.74) is 8.47. The Labute approximate surface area is 138 Å². The second kappa shape index (κ2) is 6.10. The largest absolute Gasteiger partial charge is 0.348 e. The number of aromatic nitrogens is 3. The summed E-state index contributed by atoms with van der Waals surface area (Å²) >= 11 is 1.59. The van der Waals surface area contributed by atoms with Crippen LogP contribution in [0.5, 0.6) is 0 Å². The molecule has 0 aliphatic rings. The minimum atomic E-state index is -0.149. The zero-order chi connectivity index (χ0) is 16.6. The van der Waals surface area contributed by atoms with Crippen molar-refractivity contribution in [1.29, 1.82) is 0 Å². The molecule has 7 heteroatoms. The molecule has 0 saturated heterocycles. The van der Waals surface area contributed by atoms with Crippen molar-refractivity contribution >= 4 is 28.3 Å². The molecule has 3 heterocycles. The Morgan fingerprint density at radius 3 is 2.96 bits per heavy atom. The molecule has 120 valence electrons. The van der Waals surface area contributed by atoms with Crippen LogP contribution in [0.25, 0.3) is 21.6 Å². The van der Waals surface area contributed by atoms with Gasteiger partial charge in [0.2, 0.25) is 0 Å². The van der Waals surface area contributed by atoms with E-state index >= 15 is 0 Å². The third-order valence-electron chi connectivity index (χ3n) is 3.72. The first-order chi connectivity index (χ1) is 11.0. The van der Waals surface area contributed by atoms with Crippen molar-refractivity contribution in [3.05, 3.63) is 34.8 Å². The zero-order valence-corrected chi connectivity index (χ0v) is 14.1. The van der Waals surface area contributed by atoms with Gasteiger partial charge in [0.25, 0.3) is 5.91 Å². The van der Waals surface area contributed by atoms with Crippen LogP contribution in [-0.2, 0) is 7.05 Å². The van der Waals surface area contributed by atoms with Crippen molar-refractivity contribution in [1.82, 2.24) is 20.1 Å². The highest BCUT2D eigenvalue weighted by molar-refractivity contribution is 7.13. The van der Waals surface area contributed by atoms with Gasteiger partial charge in [-0.3, -0.25) is 9.48 Å². The summed E-state index contributed by atoms with van der Waals surface area (Å²) in [4.78, 5) is 18.4. The SMILES string of the molecule is Cc1nn(C)c2nc(-c3cccs3)cc(C(=O)N[C@@H](C)CN)c12. The number of pyridine rings is 1. The Morgan fingerprint density at radius 1 is 1.52 bits per heavy atom. The number of thiophene rings is 1. The molecule has 0 unspecified atom stereocenters. The Balaban J connectivity index is 2.19. The van der Waals surface area contributed by atoms with E-state index in [9.17, 15) is 4.79 Å². The molecule has 0 aliphatic heterocycles. The van der Waals surface area contributed by atoms with E-state index in [1.165, 1.54) is 0 Å². The topological polar surface area (TPSA) is 85.8 Å². The van der Waals surface area contributed by atoms with Gasteiger partial charge < -0.3 is 11.1 Å². The smallest absolute Gasteiger partial charge is 0.252 e. The van der Waals surface area contributed by atoms with Crippen LogP contribution in [-0.4, -0.2) is 33.3 Å². The van der Waals surface area contributed by atoms with Gasteiger partial charge >= 0.3 is 0 Å². The molecule has 0 aromatic carbocycles. The second-order valence-electron chi connectivity index (χ2n) is 5.55. The lowest BCUT2D eigenvalue weighted by atomic mass is 10.1. The van der Waals surface area contributed by atoms with Gasteiger partial charge in [0, 0.05) is 19.6 Å². The average Bonchev–Trinajstić information content (AvgIpc) is 3.15. The summed E-state index contributed by atoms with van der Waals surface area (Å²) in [6, 6.07) is 5.71. The van der Waals surface area contributed by atoms with Gasteiger partial charge in [-0.25, -0.2) is 4.98 Å². The summed E-state index contributed by atoms with van der Waals surface area (Å²) in [6.07, 6.45) is 0. The van der Waals surface area contributed by atoms with E-state index in [-0.39, 0.29) is 11.9 Å². The lowest BCUT2D eigenvalue weighted by Gasteiger charge is -2.13. The lowest BCUT2D eigenvalue weighted by molar-refractivity contribution is 0.0943. The van der Waals surface area contributed by atoms with Gasteiger partial charge in [0.05, 0.1) is 27.2 Å². The standard InChI is InChI=1S/C16H19N5OS/c1-9(8-17)18-16(22)11-7-12(13-5-4-6-23-13)19-15-14(11)10(2)20-21(15)3/h4-7,9H,8,17H2,1-3H3,(H,18,22)/t9-/m0/s1. The predicted molar refractivity (Wildman–Crippen MR) is 92.5 cm³/mol. The molecule has 0 bridgehead atoms. The van der Waals surface area contributed by atoms with Crippen LogP contribution in [0.2, 0.25) is 0 Å². The van der Waals surface area contributed by atoms with Crippen molar-refractivity contribution < 1.29 is 4.79 Å². The molecule has 0 radical (unpaired) electrons. The van der Waals surface area contributed by atoms with Gasteiger partial charge in [-0.05, 0) is 31.4 Å². The molecular weight excluding hydrogens is 310 g/mol. The molecule has 6 nitrogen and oxygen atoms in total. The number of amides is 1. The molecule has 3 aromatic heterocycles. The normalized spacial score (nSPS) is 12.5. The van der Waals surface area contributed by atoms with Gasteiger partial charge in [0.1, 0.15) is 0 Å². The van der Waals surface area contributed by atoms with E-state index in [4.69, 9.17) is 5.73 Å². The number of nitrogens with one attached hydrogen (secondary N) is 1. The lowest BCUT2D eigenvalue weighted by Crippen LogP contribution is -2.37. The Bertz CT molecular complexity index is 853.